The minimum Gasteiger partial charge on any atom is -0.441 e. The number of hydrogen-bond acceptors (Lipinski definition) is 6. The Morgan fingerprint density at radius 2 is 1.89 bits per heavy atom. The van der Waals surface area contributed by atoms with Crippen molar-refractivity contribution in [2.45, 2.75) is 17.8 Å². The molecule has 0 spiro atoms. The number of nitrogens with zero attached hydrogens (tertiary/aromatic N) is 4. The molecule has 4 aromatic rings. The van der Waals surface area contributed by atoms with Crippen molar-refractivity contribution in [2.24, 2.45) is 0 Å². The van der Waals surface area contributed by atoms with Gasteiger partial charge in [0.2, 0.25) is 11.0 Å². The van der Waals surface area contributed by atoms with E-state index in [0.717, 1.165) is 17.0 Å². The number of benzene rings is 2. The Hall–Kier alpha value is -2.48. The third-order valence-corrected chi connectivity index (χ3v) is 5.59. The van der Waals surface area contributed by atoms with Crippen molar-refractivity contribution in [1.29, 1.82) is 0 Å². The predicted molar refractivity (Wildman–Crippen MR) is 112 cm³/mol. The van der Waals surface area contributed by atoms with Gasteiger partial charge in [-0.1, -0.05) is 53.2 Å². The van der Waals surface area contributed by atoms with Gasteiger partial charge in [-0.15, -0.1) is 10.2 Å². The van der Waals surface area contributed by atoms with E-state index < -0.39 is 0 Å². The van der Waals surface area contributed by atoms with Gasteiger partial charge >= 0.3 is 0 Å². The van der Waals surface area contributed by atoms with Gasteiger partial charge < -0.3 is 10.3 Å². The lowest BCUT2D eigenvalue weighted by atomic mass is 10.2. The number of aryl methyl sites for hydroxylation is 1. The number of hydrogen-bond donors (Lipinski definition) is 1. The van der Waals surface area contributed by atoms with E-state index in [1.807, 2.05) is 37.3 Å². The Labute approximate surface area is 175 Å². The fraction of sp³-hybridized carbons (Fsp3) is 0.105. The van der Waals surface area contributed by atoms with Crippen LogP contribution >= 0.6 is 35.0 Å². The number of nitrogens with two attached hydrogens (primary N) is 1. The molecule has 0 aliphatic heterocycles. The molecule has 9 heteroatoms. The monoisotopic (exact) mass is 431 g/mol. The summed E-state index contributed by atoms with van der Waals surface area (Å²) in [6, 6.07) is 14.9. The van der Waals surface area contributed by atoms with Crippen molar-refractivity contribution >= 4 is 35.0 Å². The number of oxazole rings is 1. The Bertz CT molecular complexity index is 1130. The van der Waals surface area contributed by atoms with E-state index in [0.29, 0.717) is 38.2 Å². The van der Waals surface area contributed by atoms with E-state index in [4.69, 9.17) is 33.5 Å². The number of rotatable bonds is 5. The van der Waals surface area contributed by atoms with E-state index in [1.165, 1.54) is 16.4 Å². The lowest BCUT2D eigenvalue weighted by Gasteiger charge is -2.05. The third kappa shape index (κ3) is 3.73. The highest BCUT2D eigenvalue weighted by Gasteiger charge is 2.17. The fourth-order valence-electron chi connectivity index (χ4n) is 2.63. The molecule has 0 amide bonds. The van der Waals surface area contributed by atoms with Crippen molar-refractivity contribution in [2.75, 3.05) is 5.84 Å². The molecule has 2 aromatic heterocycles. The molecule has 142 valence electrons. The van der Waals surface area contributed by atoms with Crippen LogP contribution in [0, 0.1) is 6.92 Å². The smallest absolute Gasteiger partial charge is 0.226 e. The molecular formula is C19H15Cl2N5OS. The van der Waals surface area contributed by atoms with Gasteiger partial charge in [-0.2, -0.15) is 0 Å². The molecular weight excluding hydrogens is 417 g/mol. The van der Waals surface area contributed by atoms with Gasteiger partial charge in [0.1, 0.15) is 5.76 Å². The molecule has 6 nitrogen and oxygen atoms in total. The molecule has 0 fully saturated rings. The maximum Gasteiger partial charge on any atom is 0.226 e. The minimum absolute atomic E-state index is 0.461. The van der Waals surface area contributed by atoms with Crippen molar-refractivity contribution in [1.82, 2.24) is 19.9 Å². The first-order valence-electron chi connectivity index (χ1n) is 8.33. The molecule has 0 saturated heterocycles. The highest BCUT2D eigenvalue weighted by atomic mass is 35.5. The highest BCUT2D eigenvalue weighted by Crippen LogP contribution is 2.31. The van der Waals surface area contributed by atoms with E-state index in [-0.39, 0.29) is 0 Å². The zero-order chi connectivity index (χ0) is 19.7. The lowest BCUT2D eigenvalue weighted by molar-refractivity contribution is 0.540. The zero-order valence-corrected chi connectivity index (χ0v) is 17.1. The van der Waals surface area contributed by atoms with Gasteiger partial charge in [-0.25, -0.2) is 9.66 Å². The standard InChI is InChI=1S/C19H15Cl2N5OS/c1-11-16(23-18(27-11)12-5-3-2-4-6-12)10-28-19-25-24-17(26(19)22)14-8-7-13(20)9-15(14)21/h2-9H,10,22H2,1H3. The van der Waals surface area contributed by atoms with Crippen LogP contribution in [0.3, 0.4) is 0 Å². The van der Waals surface area contributed by atoms with E-state index in [2.05, 4.69) is 15.2 Å². The van der Waals surface area contributed by atoms with E-state index in [1.54, 1.807) is 18.2 Å². The van der Waals surface area contributed by atoms with Crippen LogP contribution < -0.4 is 5.84 Å². The lowest BCUT2D eigenvalue weighted by Crippen LogP contribution is -2.11. The molecule has 0 bridgehead atoms. The van der Waals surface area contributed by atoms with Gasteiger partial charge in [0.05, 0.1) is 10.7 Å². The highest BCUT2D eigenvalue weighted by molar-refractivity contribution is 7.98. The van der Waals surface area contributed by atoms with Gasteiger partial charge in [0.15, 0.2) is 5.82 Å². The molecule has 0 radical (unpaired) electrons. The summed E-state index contributed by atoms with van der Waals surface area (Å²) < 4.78 is 7.20. The summed E-state index contributed by atoms with van der Waals surface area (Å²) in [4.78, 5) is 4.59. The van der Waals surface area contributed by atoms with Crippen LogP contribution in [0.5, 0.6) is 0 Å². The molecule has 28 heavy (non-hydrogen) atoms. The molecule has 0 aliphatic rings. The summed E-state index contributed by atoms with van der Waals surface area (Å²) >= 11 is 13.6. The third-order valence-electron chi connectivity index (χ3n) is 4.09. The summed E-state index contributed by atoms with van der Waals surface area (Å²) in [7, 11) is 0. The zero-order valence-electron chi connectivity index (χ0n) is 14.8. The first kappa shape index (κ1) is 18.9. The van der Waals surface area contributed by atoms with Crippen LogP contribution in [0.15, 0.2) is 58.1 Å². The molecule has 4 rings (SSSR count). The Balaban J connectivity index is 1.54. The van der Waals surface area contributed by atoms with Gasteiger partial charge in [-0.3, -0.25) is 0 Å². The summed E-state index contributed by atoms with van der Waals surface area (Å²) in [5, 5.41) is 9.88. The first-order valence-corrected chi connectivity index (χ1v) is 10.1. The maximum absolute atomic E-state index is 6.25. The summed E-state index contributed by atoms with van der Waals surface area (Å²) in [5.41, 5.74) is 2.43. The number of halogens is 2. The van der Waals surface area contributed by atoms with E-state index >= 15 is 0 Å². The van der Waals surface area contributed by atoms with Gasteiger partial charge in [0, 0.05) is 21.9 Å². The Morgan fingerprint density at radius 3 is 2.64 bits per heavy atom. The number of nitrogen functional groups attached to an aromatic ring is 1. The van der Waals surface area contributed by atoms with Crippen molar-refractivity contribution in [3.8, 4) is 22.8 Å². The topological polar surface area (TPSA) is 82.8 Å². The van der Waals surface area contributed by atoms with Crippen LogP contribution in [0.4, 0.5) is 0 Å². The van der Waals surface area contributed by atoms with Crippen LogP contribution in [0.25, 0.3) is 22.8 Å². The largest absolute Gasteiger partial charge is 0.441 e. The summed E-state index contributed by atoms with van der Waals surface area (Å²) in [6.07, 6.45) is 0. The molecule has 0 unspecified atom stereocenters. The normalized spacial score (nSPS) is 11.1. The number of thioether (sulfide) groups is 1. The van der Waals surface area contributed by atoms with Crippen molar-refractivity contribution < 1.29 is 4.42 Å². The SMILES string of the molecule is Cc1oc(-c2ccccc2)nc1CSc1nnc(-c2ccc(Cl)cc2Cl)n1N. The quantitative estimate of drug-likeness (QED) is 0.344. The van der Waals surface area contributed by atoms with E-state index in [9.17, 15) is 0 Å². The average Bonchev–Trinajstić information content (AvgIpc) is 3.24. The van der Waals surface area contributed by atoms with Crippen LogP contribution in [0.1, 0.15) is 11.5 Å². The van der Waals surface area contributed by atoms with Crippen molar-refractivity contribution in [3.05, 3.63) is 70.0 Å². The molecule has 0 atom stereocenters. The molecule has 2 aromatic carbocycles. The van der Waals surface area contributed by atoms with Crippen molar-refractivity contribution in [3.63, 3.8) is 0 Å². The predicted octanol–water partition coefficient (Wildman–Crippen LogP) is 5.22. The maximum atomic E-state index is 6.25. The van der Waals surface area contributed by atoms with Crippen LogP contribution in [-0.2, 0) is 5.75 Å². The molecule has 0 saturated carbocycles. The Morgan fingerprint density at radius 1 is 1.11 bits per heavy atom. The summed E-state index contributed by atoms with van der Waals surface area (Å²) in [5.74, 6) is 8.54. The molecule has 2 N–H and O–H groups in total. The van der Waals surface area contributed by atoms with Crippen LogP contribution in [-0.4, -0.2) is 19.9 Å². The van der Waals surface area contributed by atoms with Gasteiger partial charge in [0.25, 0.3) is 0 Å². The number of aromatic nitrogens is 4. The van der Waals surface area contributed by atoms with Gasteiger partial charge in [-0.05, 0) is 37.3 Å². The second-order valence-electron chi connectivity index (χ2n) is 5.98. The first-order chi connectivity index (χ1) is 13.5. The average molecular weight is 432 g/mol. The second kappa shape index (κ2) is 7.87. The minimum atomic E-state index is 0.461. The Kier molecular flexibility index (Phi) is 5.30. The fourth-order valence-corrected chi connectivity index (χ4v) is 3.98. The molecule has 0 aliphatic carbocycles. The second-order valence-corrected chi connectivity index (χ2v) is 7.76. The summed E-state index contributed by atoms with van der Waals surface area (Å²) in [6.45, 7) is 1.89. The van der Waals surface area contributed by atoms with Crippen LogP contribution in [0.2, 0.25) is 10.0 Å². The molecule has 2 heterocycles.